The first-order chi connectivity index (χ1) is 16.1. The lowest BCUT2D eigenvalue weighted by Gasteiger charge is -2.37. The molecule has 1 heterocycles. The van der Waals surface area contributed by atoms with E-state index in [1.165, 1.54) is 0 Å². The van der Waals surface area contributed by atoms with Crippen molar-refractivity contribution < 1.29 is 14.3 Å². The molecule has 2 aromatic carbocycles. The van der Waals surface area contributed by atoms with Crippen LogP contribution in [0.3, 0.4) is 0 Å². The zero-order valence-corrected chi connectivity index (χ0v) is 22.9. The summed E-state index contributed by atoms with van der Waals surface area (Å²) in [7, 11) is 0. The smallest absolute Gasteiger partial charge is 0.410 e. The van der Waals surface area contributed by atoms with Crippen molar-refractivity contribution in [3.8, 4) is 0 Å². The van der Waals surface area contributed by atoms with Crippen LogP contribution in [0.15, 0.2) is 48.5 Å². The fourth-order valence-corrected chi connectivity index (χ4v) is 3.23. The SMILES string of the molecule is CC.CC.CC(C)(C)OC(=O)N1CCN(c2ccc(C(N)=O)cc2Cl)CC1.Clc1ccccc1. The molecular weight excluding hydrogens is 473 g/mol. The number of amides is 2. The van der Waals surface area contributed by atoms with E-state index >= 15 is 0 Å². The molecule has 0 aliphatic carbocycles. The maximum atomic E-state index is 12.1. The van der Waals surface area contributed by atoms with E-state index in [1.807, 2.05) is 78.8 Å². The Balaban J connectivity index is 0.000000826. The number of primary amides is 1. The minimum atomic E-state index is -0.506. The molecular formula is C26H39Cl2N3O3. The molecule has 0 unspecified atom stereocenters. The average molecular weight is 513 g/mol. The molecule has 1 fully saturated rings. The third kappa shape index (κ3) is 11.6. The Morgan fingerprint density at radius 3 is 1.79 bits per heavy atom. The number of nitrogens with two attached hydrogens (primary N) is 1. The van der Waals surface area contributed by atoms with Gasteiger partial charge in [0, 0.05) is 36.8 Å². The van der Waals surface area contributed by atoms with Gasteiger partial charge >= 0.3 is 6.09 Å². The number of carbonyl (C=O) groups excluding carboxylic acids is 2. The maximum Gasteiger partial charge on any atom is 0.410 e. The van der Waals surface area contributed by atoms with Crippen LogP contribution in [0.5, 0.6) is 0 Å². The molecule has 190 valence electrons. The van der Waals surface area contributed by atoms with Crippen molar-refractivity contribution >= 4 is 40.9 Å². The third-order valence-electron chi connectivity index (χ3n) is 4.24. The molecule has 2 amide bonds. The van der Waals surface area contributed by atoms with Crippen molar-refractivity contribution in [2.45, 2.75) is 54.1 Å². The van der Waals surface area contributed by atoms with Gasteiger partial charge in [-0.05, 0) is 51.1 Å². The lowest BCUT2D eigenvalue weighted by molar-refractivity contribution is 0.0240. The molecule has 3 rings (SSSR count). The first-order valence-corrected chi connectivity index (χ1v) is 12.3. The maximum absolute atomic E-state index is 12.1. The van der Waals surface area contributed by atoms with Crippen LogP contribution in [0.1, 0.15) is 58.8 Å². The average Bonchev–Trinajstić information content (AvgIpc) is 2.81. The Morgan fingerprint density at radius 2 is 1.41 bits per heavy atom. The summed E-state index contributed by atoms with van der Waals surface area (Å²) in [6.45, 7) is 16.0. The highest BCUT2D eigenvalue weighted by molar-refractivity contribution is 6.33. The quantitative estimate of drug-likeness (QED) is 0.476. The highest BCUT2D eigenvalue weighted by Gasteiger charge is 2.26. The Bertz CT molecular complexity index is 863. The van der Waals surface area contributed by atoms with Crippen LogP contribution in [-0.2, 0) is 4.74 Å². The first kappa shape index (κ1) is 31.6. The van der Waals surface area contributed by atoms with Gasteiger partial charge in [-0.3, -0.25) is 4.79 Å². The normalized spacial score (nSPS) is 12.6. The van der Waals surface area contributed by atoms with Crippen LogP contribution >= 0.6 is 23.2 Å². The van der Waals surface area contributed by atoms with Gasteiger partial charge in [0.15, 0.2) is 0 Å². The van der Waals surface area contributed by atoms with E-state index in [0.29, 0.717) is 36.8 Å². The van der Waals surface area contributed by atoms with Crippen LogP contribution in [0.4, 0.5) is 10.5 Å². The number of hydrogen-bond acceptors (Lipinski definition) is 4. The molecule has 2 N–H and O–H groups in total. The van der Waals surface area contributed by atoms with Crippen molar-refractivity contribution in [2.75, 3.05) is 31.1 Å². The van der Waals surface area contributed by atoms with Crippen molar-refractivity contribution in [1.29, 1.82) is 0 Å². The molecule has 1 aliphatic rings. The molecule has 0 aromatic heterocycles. The molecule has 0 saturated carbocycles. The summed E-state index contributed by atoms with van der Waals surface area (Å²) in [5.74, 6) is -0.506. The van der Waals surface area contributed by atoms with Crippen LogP contribution in [0, 0.1) is 0 Å². The summed E-state index contributed by atoms with van der Waals surface area (Å²) in [4.78, 5) is 27.0. The number of halogens is 2. The van der Waals surface area contributed by atoms with Gasteiger partial charge in [0.25, 0.3) is 0 Å². The Morgan fingerprint density at radius 1 is 0.882 bits per heavy atom. The second kappa shape index (κ2) is 16.2. The molecule has 1 saturated heterocycles. The number of benzene rings is 2. The van der Waals surface area contributed by atoms with Crippen LogP contribution in [0.2, 0.25) is 10.0 Å². The second-order valence-corrected chi connectivity index (χ2v) is 8.62. The lowest BCUT2D eigenvalue weighted by Crippen LogP contribution is -2.50. The molecule has 0 radical (unpaired) electrons. The summed E-state index contributed by atoms with van der Waals surface area (Å²) < 4.78 is 5.37. The summed E-state index contributed by atoms with van der Waals surface area (Å²) >= 11 is 11.8. The predicted molar refractivity (Wildman–Crippen MR) is 144 cm³/mol. The van der Waals surface area contributed by atoms with E-state index in [0.717, 1.165) is 10.7 Å². The predicted octanol–water partition coefficient (Wildman–Crippen LogP) is 6.89. The first-order valence-electron chi connectivity index (χ1n) is 11.6. The van der Waals surface area contributed by atoms with Crippen molar-refractivity contribution in [3.05, 3.63) is 64.1 Å². The van der Waals surface area contributed by atoms with Gasteiger partial charge in [-0.25, -0.2) is 4.79 Å². The minimum absolute atomic E-state index is 0.299. The number of ether oxygens (including phenoxy) is 1. The van der Waals surface area contributed by atoms with Crippen molar-refractivity contribution in [3.63, 3.8) is 0 Å². The fourth-order valence-electron chi connectivity index (χ4n) is 2.79. The van der Waals surface area contributed by atoms with E-state index in [9.17, 15) is 9.59 Å². The van der Waals surface area contributed by atoms with Crippen LogP contribution in [-0.4, -0.2) is 48.7 Å². The summed E-state index contributed by atoms with van der Waals surface area (Å²) in [5, 5.41) is 1.27. The zero-order chi connectivity index (χ0) is 26.3. The van der Waals surface area contributed by atoms with Crippen LogP contribution in [0.25, 0.3) is 0 Å². The van der Waals surface area contributed by atoms with Gasteiger partial charge in [-0.2, -0.15) is 0 Å². The second-order valence-electron chi connectivity index (χ2n) is 7.78. The summed E-state index contributed by atoms with van der Waals surface area (Å²) in [6.07, 6.45) is -0.299. The van der Waals surface area contributed by atoms with E-state index < -0.39 is 11.5 Å². The molecule has 0 bridgehead atoms. The van der Waals surface area contributed by atoms with Gasteiger partial charge in [0.05, 0.1) is 10.7 Å². The van der Waals surface area contributed by atoms with Crippen molar-refractivity contribution in [2.24, 2.45) is 5.73 Å². The molecule has 0 atom stereocenters. The number of rotatable bonds is 2. The van der Waals surface area contributed by atoms with Gasteiger partial charge in [-0.15, -0.1) is 0 Å². The zero-order valence-electron chi connectivity index (χ0n) is 21.4. The van der Waals surface area contributed by atoms with Gasteiger partial charge < -0.3 is 20.3 Å². The summed E-state index contributed by atoms with van der Waals surface area (Å²) in [6, 6.07) is 14.5. The Labute approximate surface area is 215 Å². The van der Waals surface area contributed by atoms with Gasteiger partial charge in [-0.1, -0.05) is 69.1 Å². The number of hydrogen-bond donors (Lipinski definition) is 1. The van der Waals surface area contributed by atoms with Gasteiger partial charge in [0.2, 0.25) is 5.91 Å². The van der Waals surface area contributed by atoms with E-state index in [1.54, 1.807) is 23.1 Å². The van der Waals surface area contributed by atoms with Gasteiger partial charge in [0.1, 0.15) is 5.60 Å². The standard InChI is InChI=1S/C16H22ClN3O3.C6H5Cl.2C2H6/c1-16(2,3)23-15(22)20-8-6-19(7-9-20)13-5-4-11(14(18)21)10-12(13)17;7-6-4-2-1-3-5-6;2*1-2/h4-5,10H,6-9H2,1-3H3,(H2,18,21);1-5H;2*1-2H3. The minimum Gasteiger partial charge on any atom is -0.444 e. The monoisotopic (exact) mass is 511 g/mol. The Kier molecular flexibility index (Phi) is 15.1. The number of nitrogens with zero attached hydrogens (tertiary/aromatic N) is 2. The molecule has 2 aromatic rings. The lowest BCUT2D eigenvalue weighted by atomic mass is 10.1. The third-order valence-corrected chi connectivity index (χ3v) is 4.79. The Hall–Kier alpha value is -2.44. The van der Waals surface area contributed by atoms with Crippen molar-refractivity contribution in [1.82, 2.24) is 4.90 Å². The van der Waals surface area contributed by atoms with E-state index in [-0.39, 0.29) is 6.09 Å². The molecule has 1 aliphatic heterocycles. The number of carbonyl (C=O) groups is 2. The molecule has 34 heavy (non-hydrogen) atoms. The van der Waals surface area contributed by atoms with Crippen LogP contribution < -0.4 is 10.6 Å². The van der Waals surface area contributed by atoms with E-state index in [2.05, 4.69) is 4.90 Å². The number of anilines is 1. The highest BCUT2D eigenvalue weighted by atomic mass is 35.5. The molecule has 0 spiro atoms. The highest BCUT2D eigenvalue weighted by Crippen LogP contribution is 2.28. The summed E-state index contributed by atoms with van der Waals surface area (Å²) in [5.41, 5.74) is 5.96. The van der Waals surface area contributed by atoms with E-state index in [4.69, 9.17) is 33.7 Å². The topological polar surface area (TPSA) is 75.9 Å². The number of piperazine rings is 1. The fraction of sp³-hybridized carbons (Fsp3) is 0.462. The molecule has 6 nitrogen and oxygen atoms in total. The molecule has 8 heteroatoms. The largest absolute Gasteiger partial charge is 0.444 e.